The Balaban J connectivity index is 2.30. The molecule has 0 atom stereocenters. The fourth-order valence-corrected chi connectivity index (χ4v) is 1.50. The summed E-state index contributed by atoms with van der Waals surface area (Å²) in [5.41, 5.74) is 1.48. The summed E-state index contributed by atoms with van der Waals surface area (Å²) in [6.07, 6.45) is 2.75. The van der Waals surface area contributed by atoms with E-state index in [1.165, 1.54) is 0 Å². The predicted molar refractivity (Wildman–Crippen MR) is 48.6 cm³/mol. The van der Waals surface area contributed by atoms with Crippen LogP contribution in [0.5, 0.6) is 0 Å². The molecule has 5 nitrogen and oxygen atoms in total. The summed E-state index contributed by atoms with van der Waals surface area (Å²) in [7, 11) is 0. The van der Waals surface area contributed by atoms with E-state index in [9.17, 15) is 4.79 Å². The maximum absolute atomic E-state index is 11.3. The molecule has 1 amide bonds. The monoisotopic (exact) mass is 180 g/mol. The van der Waals surface area contributed by atoms with Crippen LogP contribution in [-0.2, 0) is 0 Å². The van der Waals surface area contributed by atoms with Gasteiger partial charge in [0.2, 0.25) is 0 Å². The van der Waals surface area contributed by atoms with Crippen molar-refractivity contribution >= 4 is 11.6 Å². The Hall–Kier alpha value is -1.52. The second kappa shape index (κ2) is 3.08. The van der Waals surface area contributed by atoms with Gasteiger partial charge in [0.15, 0.2) is 0 Å². The highest BCUT2D eigenvalue weighted by Crippen LogP contribution is 2.20. The van der Waals surface area contributed by atoms with Gasteiger partial charge < -0.3 is 10.2 Å². The highest BCUT2D eigenvalue weighted by molar-refractivity contribution is 5.99. The molecule has 2 N–H and O–H groups in total. The van der Waals surface area contributed by atoms with Gasteiger partial charge >= 0.3 is 0 Å². The molecule has 0 bridgehead atoms. The molecule has 0 unspecified atom stereocenters. The number of hydrogen-bond acceptors (Lipinski definition) is 3. The molecular formula is C8H12N4O. The van der Waals surface area contributed by atoms with Crippen LogP contribution in [0.4, 0.5) is 5.69 Å². The van der Waals surface area contributed by atoms with Gasteiger partial charge in [0.25, 0.3) is 5.91 Å². The molecule has 0 radical (unpaired) electrons. The highest BCUT2D eigenvalue weighted by Gasteiger charge is 2.23. The van der Waals surface area contributed by atoms with Crippen molar-refractivity contribution in [2.24, 2.45) is 0 Å². The lowest BCUT2D eigenvalue weighted by atomic mass is 10.2. The Morgan fingerprint density at radius 3 is 3.31 bits per heavy atom. The number of anilines is 1. The van der Waals surface area contributed by atoms with Gasteiger partial charge in [-0.25, -0.2) is 0 Å². The number of amides is 1. The fourth-order valence-electron chi connectivity index (χ4n) is 1.50. The number of nitrogens with one attached hydrogen (secondary N) is 2. The number of H-pyrrole nitrogens is 1. The summed E-state index contributed by atoms with van der Waals surface area (Å²) < 4.78 is 0. The molecule has 2 rings (SSSR count). The third-order valence-corrected chi connectivity index (χ3v) is 2.11. The first-order chi connectivity index (χ1) is 6.33. The minimum atomic E-state index is -0.0696. The van der Waals surface area contributed by atoms with Crippen LogP contribution in [-0.4, -0.2) is 29.3 Å². The van der Waals surface area contributed by atoms with Crippen LogP contribution >= 0.6 is 0 Å². The highest BCUT2D eigenvalue weighted by atomic mass is 16.2. The molecule has 13 heavy (non-hydrogen) atoms. The number of carbonyl (C=O) groups is 1. The third-order valence-electron chi connectivity index (χ3n) is 2.11. The van der Waals surface area contributed by atoms with Crippen LogP contribution in [0.25, 0.3) is 0 Å². The number of carbonyl (C=O) groups excluding carboxylic acids is 1. The van der Waals surface area contributed by atoms with Crippen LogP contribution in [0.15, 0.2) is 6.20 Å². The third kappa shape index (κ3) is 1.26. The first-order valence-electron chi connectivity index (χ1n) is 4.39. The van der Waals surface area contributed by atoms with Crippen LogP contribution < -0.4 is 10.2 Å². The van der Waals surface area contributed by atoms with Gasteiger partial charge in [0.1, 0.15) is 5.69 Å². The van der Waals surface area contributed by atoms with Crippen molar-refractivity contribution < 1.29 is 4.79 Å². The molecule has 0 spiro atoms. The summed E-state index contributed by atoms with van der Waals surface area (Å²) in [5, 5.41) is 9.33. The van der Waals surface area contributed by atoms with Gasteiger partial charge in [-0.1, -0.05) is 6.92 Å². The molecule has 1 aliphatic rings. The first kappa shape index (κ1) is 8.10. The Labute approximate surface area is 76.1 Å². The Bertz CT molecular complexity index is 320. The molecule has 0 saturated carbocycles. The average Bonchev–Trinajstić information content (AvgIpc) is 2.59. The lowest BCUT2D eigenvalue weighted by molar-refractivity contribution is 0.0942. The lowest BCUT2D eigenvalue weighted by Crippen LogP contribution is -2.43. The Morgan fingerprint density at radius 2 is 2.54 bits per heavy atom. The Morgan fingerprint density at radius 1 is 1.69 bits per heavy atom. The van der Waals surface area contributed by atoms with E-state index in [0.717, 1.165) is 18.7 Å². The van der Waals surface area contributed by atoms with E-state index in [1.807, 2.05) is 0 Å². The van der Waals surface area contributed by atoms with Crippen molar-refractivity contribution in [3.63, 3.8) is 0 Å². The largest absolute Gasteiger partial charge is 0.351 e. The van der Waals surface area contributed by atoms with E-state index >= 15 is 0 Å². The maximum Gasteiger partial charge on any atom is 0.272 e. The molecule has 0 saturated heterocycles. The zero-order chi connectivity index (χ0) is 9.26. The number of hydrogen-bond donors (Lipinski definition) is 2. The van der Waals surface area contributed by atoms with Crippen LogP contribution in [0, 0.1) is 0 Å². The minimum absolute atomic E-state index is 0.0696. The molecular weight excluding hydrogens is 168 g/mol. The number of nitrogens with zero attached hydrogens (tertiary/aromatic N) is 2. The molecule has 0 aliphatic carbocycles. The second-order valence-electron chi connectivity index (χ2n) is 3.06. The molecule has 1 aromatic rings. The quantitative estimate of drug-likeness (QED) is 0.689. The summed E-state index contributed by atoms with van der Waals surface area (Å²) in [6, 6.07) is 0. The zero-order valence-electron chi connectivity index (χ0n) is 7.50. The van der Waals surface area contributed by atoms with Crippen molar-refractivity contribution in [1.82, 2.24) is 15.5 Å². The van der Waals surface area contributed by atoms with Crippen LogP contribution in [0.2, 0.25) is 0 Å². The molecule has 5 heteroatoms. The van der Waals surface area contributed by atoms with E-state index in [2.05, 4.69) is 27.3 Å². The van der Waals surface area contributed by atoms with E-state index < -0.39 is 0 Å². The molecule has 1 aromatic heterocycles. The SMILES string of the molecule is CCCN1CNC(=O)c2[nH]ncc21. The number of fused-ring (bicyclic) bond motifs is 1. The minimum Gasteiger partial charge on any atom is -0.351 e. The van der Waals surface area contributed by atoms with Crippen molar-refractivity contribution in [1.29, 1.82) is 0 Å². The fraction of sp³-hybridized carbons (Fsp3) is 0.500. The molecule has 0 aromatic carbocycles. The van der Waals surface area contributed by atoms with Crippen LogP contribution in [0.3, 0.4) is 0 Å². The lowest BCUT2D eigenvalue weighted by Gasteiger charge is -2.27. The summed E-state index contributed by atoms with van der Waals surface area (Å²) in [4.78, 5) is 13.4. The van der Waals surface area contributed by atoms with Gasteiger partial charge in [-0.15, -0.1) is 0 Å². The van der Waals surface area contributed by atoms with Gasteiger partial charge in [-0.3, -0.25) is 9.89 Å². The van der Waals surface area contributed by atoms with Gasteiger partial charge in [0, 0.05) is 6.54 Å². The standard InChI is InChI=1S/C8H12N4O/c1-2-3-12-5-9-8(13)7-6(12)4-10-11-7/h4H,2-3,5H2,1H3,(H,9,13)(H,10,11). The van der Waals surface area contributed by atoms with Crippen molar-refractivity contribution in [3.05, 3.63) is 11.9 Å². The molecule has 2 heterocycles. The Kier molecular flexibility index (Phi) is 1.92. The van der Waals surface area contributed by atoms with Gasteiger partial charge in [-0.05, 0) is 6.42 Å². The van der Waals surface area contributed by atoms with E-state index in [4.69, 9.17) is 0 Å². The average molecular weight is 180 g/mol. The maximum atomic E-state index is 11.3. The smallest absolute Gasteiger partial charge is 0.272 e. The van der Waals surface area contributed by atoms with Crippen molar-refractivity contribution in [2.45, 2.75) is 13.3 Å². The van der Waals surface area contributed by atoms with Gasteiger partial charge in [-0.2, -0.15) is 5.10 Å². The first-order valence-corrected chi connectivity index (χ1v) is 4.39. The summed E-state index contributed by atoms with van der Waals surface area (Å²) in [6.45, 7) is 3.63. The number of aromatic nitrogens is 2. The summed E-state index contributed by atoms with van der Waals surface area (Å²) in [5.74, 6) is -0.0696. The number of rotatable bonds is 2. The predicted octanol–water partition coefficient (Wildman–Crippen LogP) is 0.327. The molecule has 1 aliphatic heterocycles. The second-order valence-corrected chi connectivity index (χ2v) is 3.06. The van der Waals surface area contributed by atoms with E-state index in [-0.39, 0.29) is 5.91 Å². The topological polar surface area (TPSA) is 61.0 Å². The van der Waals surface area contributed by atoms with Crippen molar-refractivity contribution in [3.8, 4) is 0 Å². The van der Waals surface area contributed by atoms with Crippen LogP contribution in [0.1, 0.15) is 23.8 Å². The normalized spacial score (nSPS) is 15.5. The van der Waals surface area contributed by atoms with E-state index in [0.29, 0.717) is 12.4 Å². The molecule has 0 fully saturated rings. The van der Waals surface area contributed by atoms with E-state index in [1.54, 1.807) is 6.20 Å². The van der Waals surface area contributed by atoms with Gasteiger partial charge in [0.05, 0.1) is 18.6 Å². The van der Waals surface area contributed by atoms with Crippen molar-refractivity contribution in [2.75, 3.05) is 18.1 Å². The molecule has 70 valence electrons. The summed E-state index contributed by atoms with van der Waals surface area (Å²) >= 11 is 0. The number of aromatic amines is 1. The zero-order valence-corrected chi connectivity index (χ0v) is 7.50.